The van der Waals surface area contributed by atoms with E-state index in [-0.39, 0.29) is 11.5 Å². The SMILES string of the molecule is O=C1NCCCCC1n1cnc2ccccc2c1=O. The average Bonchev–Trinajstić information content (AvgIpc) is 2.65. The van der Waals surface area contributed by atoms with Gasteiger partial charge in [0.25, 0.3) is 5.56 Å². The van der Waals surface area contributed by atoms with Crippen LogP contribution >= 0.6 is 0 Å². The van der Waals surface area contributed by atoms with Crippen molar-refractivity contribution in [1.29, 1.82) is 0 Å². The summed E-state index contributed by atoms with van der Waals surface area (Å²) >= 11 is 0. The molecule has 0 saturated carbocycles. The van der Waals surface area contributed by atoms with Gasteiger partial charge in [-0.1, -0.05) is 12.1 Å². The van der Waals surface area contributed by atoms with Crippen LogP contribution in [0.25, 0.3) is 10.9 Å². The summed E-state index contributed by atoms with van der Waals surface area (Å²) < 4.78 is 1.46. The van der Waals surface area contributed by atoms with Crippen LogP contribution in [0.15, 0.2) is 35.4 Å². The number of nitrogens with zero attached hydrogens (tertiary/aromatic N) is 2. The normalized spacial score (nSPS) is 20.0. The van der Waals surface area contributed by atoms with Gasteiger partial charge in [-0.05, 0) is 31.4 Å². The number of fused-ring (bicyclic) bond motifs is 1. The van der Waals surface area contributed by atoms with Crippen molar-refractivity contribution in [2.45, 2.75) is 25.3 Å². The van der Waals surface area contributed by atoms with Crippen LogP contribution in [-0.2, 0) is 4.79 Å². The average molecular weight is 257 g/mol. The van der Waals surface area contributed by atoms with E-state index < -0.39 is 6.04 Å². The summed E-state index contributed by atoms with van der Waals surface area (Å²) in [4.78, 5) is 28.7. The van der Waals surface area contributed by atoms with E-state index in [1.165, 1.54) is 10.9 Å². The zero-order valence-corrected chi connectivity index (χ0v) is 10.5. The van der Waals surface area contributed by atoms with Gasteiger partial charge < -0.3 is 5.32 Å². The van der Waals surface area contributed by atoms with Crippen LogP contribution in [0.4, 0.5) is 0 Å². The van der Waals surface area contributed by atoms with Gasteiger partial charge in [0.1, 0.15) is 6.04 Å². The third-order valence-corrected chi connectivity index (χ3v) is 3.53. The zero-order valence-electron chi connectivity index (χ0n) is 10.5. The maximum Gasteiger partial charge on any atom is 0.261 e. The molecule has 1 aromatic heterocycles. The second-order valence-electron chi connectivity index (χ2n) is 4.78. The molecule has 5 nitrogen and oxygen atoms in total. The number of rotatable bonds is 1. The largest absolute Gasteiger partial charge is 0.354 e. The number of hydrogen-bond acceptors (Lipinski definition) is 3. The van der Waals surface area contributed by atoms with Gasteiger partial charge in [-0.25, -0.2) is 4.98 Å². The number of nitrogens with one attached hydrogen (secondary N) is 1. The minimum atomic E-state index is -0.438. The smallest absolute Gasteiger partial charge is 0.261 e. The Morgan fingerprint density at radius 2 is 2.05 bits per heavy atom. The van der Waals surface area contributed by atoms with Gasteiger partial charge in [-0.2, -0.15) is 0 Å². The standard InChI is InChI=1S/C14H15N3O2/c18-13-12(7-3-4-8-15-13)17-9-16-11-6-2-1-5-10(11)14(17)19/h1-2,5-6,9,12H,3-4,7-8H2,(H,15,18). The Balaban J connectivity index is 2.12. The molecule has 19 heavy (non-hydrogen) atoms. The van der Waals surface area contributed by atoms with Crippen LogP contribution in [-0.4, -0.2) is 22.0 Å². The fourth-order valence-corrected chi connectivity index (χ4v) is 2.49. The first kappa shape index (κ1) is 11.9. The van der Waals surface area contributed by atoms with E-state index in [2.05, 4.69) is 10.3 Å². The lowest BCUT2D eigenvalue weighted by Crippen LogP contribution is -2.36. The molecule has 1 N–H and O–H groups in total. The lowest BCUT2D eigenvalue weighted by Gasteiger charge is -2.16. The van der Waals surface area contributed by atoms with E-state index in [1.54, 1.807) is 12.1 Å². The summed E-state index contributed by atoms with van der Waals surface area (Å²) in [6, 6.07) is 6.76. The molecule has 2 heterocycles. The molecule has 1 unspecified atom stereocenters. The highest BCUT2D eigenvalue weighted by atomic mass is 16.2. The Labute approximate surface area is 110 Å². The summed E-state index contributed by atoms with van der Waals surface area (Å²) in [5, 5.41) is 3.40. The van der Waals surface area contributed by atoms with Crippen LogP contribution in [0.1, 0.15) is 25.3 Å². The monoisotopic (exact) mass is 257 g/mol. The van der Waals surface area contributed by atoms with Crippen molar-refractivity contribution in [1.82, 2.24) is 14.9 Å². The van der Waals surface area contributed by atoms with Gasteiger partial charge in [0.05, 0.1) is 17.2 Å². The minimum Gasteiger partial charge on any atom is -0.354 e. The molecule has 5 heteroatoms. The molecular formula is C14H15N3O2. The Morgan fingerprint density at radius 1 is 1.21 bits per heavy atom. The molecule has 0 spiro atoms. The second-order valence-corrected chi connectivity index (χ2v) is 4.78. The van der Waals surface area contributed by atoms with Crippen molar-refractivity contribution in [3.05, 3.63) is 40.9 Å². The zero-order chi connectivity index (χ0) is 13.2. The fraction of sp³-hybridized carbons (Fsp3) is 0.357. The van der Waals surface area contributed by atoms with Crippen LogP contribution in [0.5, 0.6) is 0 Å². The quantitative estimate of drug-likeness (QED) is 0.836. The first-order valence-electron chi connectivity index (χ1n) is 6.51. The molecule has 1 fully saturated rings. The first-order chi connectivity index (χ1) is 9.27. The van der Waals surface area contributed by atoms with Crippen molar-refractivity contribution in [2.24, 2.45) is 0 Å². The molecular weight excluding hydrogens is 242 g/mol. The van der Waals surface area contributed by atoms with Gasteiger partial charge in [0.2, 0.25) is 5.91 Å². The third kappa shape index (κ3) is 2.12. The van der Waals surface area contributed by atoms with Gasteiger partial charge in [0, 0.05) is 6.54 Å². The maximum atomic E-state index is 12.4. The molecule has 1 atom stereocenters. The van der Waals surface area contributed by atoms with Crippen LogP contribution < -0.4 is 10.9 Å². The third-order valence-electron chi connectivity index (χ3n) is 3.53. The van der Waals surface area contributed by atoms with E-state index in [1.807, 2.05) is 12.1 Å². The Hall–Kier alpha value is -2.17. The number of hydrogen-bond donors (Lipinski definition) is 1. The fourth-order valence-electron chi connectivity index (χ4n) is 2.49. The Morgan fingerprint density at radius 3 is 2.95 bits per heavy atom. The summed E-state index contributed by atoms with van der Waals surface area (Å²) in [6.07, 6.45) is 4.06. The number of aromatic nitrogens is 2. The van der Waals surface area contributed by atoms with E-state index in [0.29, 0.717) is 23.9 Å². The lowest BCUT2D eigenvalue weighted by molar-refractivity contribution is -0.124. The molecule has 1 saturated heterocycles. The van der Waals surface area contributed by atoms with Gasteiger partial charge in [-0.15, -0.1) is 0 Å². The van der Waals surface area contributed by atoms with Gasteiger partial charge in [-0.3, -0.25) is 14.2 Å². The van der Waals surface area contributed by atoms with Crippen molar-refractivity contribution < 1.29 is 4.79 Å². The van der Waals surface area contributed by atoms with Crippen molar-refractivity contribution in [2.75, 3.05) is 6.54 Å². The molecule has 1 aliphatic rings. The lowest BCUT2D eigenvalue weighted by atomic mass is 10.1. The molecule has 2 aromatic rings. The van der Waals surface area contributed by atoms with E-state index in [4.69, 9.17) is 0 Å². The summed E-state index contributed by atoms with van der Waals surface area (Å²) in [5.41, 5.74) is 0.519. The molecule has 3 rings (SSSR count). The predicted octanol–water partition coefficient (Wildman–Crippen LogP) is 1.24. The van der Waals surface area contributed by atoms with Crippen molar-refractivity contribution >= 4 is 16.8 Å². The van der Waals surface area contributed by atoms with Crippen LogP contribution in [0.2, 0.25) is 0 Å². The summed E-state index contributed by atoms with van der Waals surface area (Å²) in [6.45, 7) is 0.686. The highest BCUT2D eigenvalue weighted by molar-refractivity contribution is 5.81. The molecule has 1 aliphatic heterocycles. The number of amides is 1. The van der Waals surface area contributed by atoms with E-state index in [9.17, 15) is 9.59 Å². The highest BCUT2D eigenvalue weighted by Gasteiger charge is 2.23. The van der Waals surface area contributed by atoms with E-state index >= 15 is 0 Å². The van der Waals surface area contributed by atoms with Gasteiger partial charge in [0.15, 0.2) is 0 Å². The van der Waals surface area contributed by atoms with Crippen LogP contribution in [0, 0.1) is 0 Å². The molecule has 0 aliphatic carbocycles. The molecule has 98 valence electrons. The predicted molar refractivity (Wildman–Crippen MR) is 71.9 cm³/mol. The molecule has 0 bridgehead atoms. The first-order valence-corrected chi connectivity index (χ1v) is 6.51. The molecule has 0 radical (unpaired) electrons. The number of carbonyl (C=O) groups excluding carboxylic acids is 1. The molecule has 1 amide bonds. The van der Waals surface area contributed by atoms with Gasteiger partial charge >= 0.3 is 0 Å². The minimum absolute atomic E-state index is 0.0864. The summed E-state index contributed by atoms with van der Waals surface area (Å²) in [7, 11) is 0. The van der Waals surface area contributed by atoms with Crippen molar-refractivity contribution in [3.63, 3.8) is 0 Å². The maximum absolute atomic E-state index is 12.4. The number of para-hydroxylation sites is 1. The second kappa shape index (κ2) is 4.84. The Bertz CT molecular complexity index is 678. The summed E-state index contributed by atoms with van der Waals surface area (Å²) in [5.74, 6) is -0.0864. The van der Waals surface area contributed by atoms with Crippen LogP contribution in [0.3, 0.4) is 0 Å². The topological polar surface area (TPSA) is 64.0 Å². The Kier molecular flexibility index (Phi) is 3.03. The highest BCUT2D eigenvalue weighted by Crippen LogP contribution is 2.17. The van der Waals surface area contributed by atoms with E-state index in [0.717, 1.165) is 12.8 Å². The molecule has 1 aromatic carbocycles. The van der Waals surface area contributed by atoms with Crippen molar-refractivity contribution in [3.8, 4) is 0 Å². The number of benzene rings is 1. The number of carbonyl (C=O) groups is 1.